The quantitative estimate of drug-likeness (QED) is 0.488. The molecule has 0 atom stereocenters. The molecule has 6 heteroatoms. The van der Waals surface area contributed by atoms with Gasteiger partial charge in [0.25, 0.3) is 0 Å². The first kappa shape index (κ1) is 20.7. The minimum absolute atomic E-state index is 0.452. The zero-order chi connectivity index (χ0) is 21.3. The fourth-order valence-electron chi connectivity index (χ4n) is 2.87. The smallest absolute Gasteiger partial charge is 0.410 e. The van der Waals surface area contributed by atoms with Crippen LogP contribution in [-0.4, -0.2) is 26.3 Å². The topological polar surface area (TPSA) is 76.7 Å². The molecule has 0 heterocycles. The largest absolute Gasteiger partial charge is 0.412 e. The number of ether oxygens (including phenoxy) is 2. The summed E-state index contributed by atoms with van der Waals surface area (Å²) in [6.07, 6.45) is -0.905. The molecule has 0 fully saturated rings. The normalized spacial score (nSPS) is 9.93. The minimum Gasteiger partial charge on any atom is -0.410 e. The van der Waals surface area contributed by atoms with Crippen molar-refractivity contribution < 1.29 is 19.1 Å². The molecule has 4 rings (SSSR count). The number of carbonyl (C=O) groups excluding carboxylic acids is 2. The van der Waals surface area contributed by atoms with Crippen LogP contribution < -0.4 is 20.1 Å². The molecule has 0 unspecified atom stereocenters. The van der Waals surface area contributed by atoms with Gasteiger partial charge >= 0.3 is 12.2 Å². The van der Waals surface area contributed by atoms with E-state index < -0.39 is 12.2 Å². The van der Waals surface area contributed by atoms with E-state index in [0.29, 0.717) is 11.5 Å². The zero-order valence-corrected chi connectivity index (χ0v) is 16.7. The minimum atomic E-state index is -0.452. The van der Waals surface area contributed by atoms with Crippen LogP contribution in [-0.2, 0) is 0 Å². The van der Waals surface area contributed by atoms with E-state index in [9.17, 15) is 9.59 Å². The van der Waals surface area contributed by atoms with Crippen molar-refractivity contribution in [2.45, 2.75) is 0 Å². The number of nitrogens with one attached hydrogen (secondary N) is 2. The maximum Gasteiger partial charge on any atom is 0.412 e. The SMILES string of the molecule is CNC(=O)Oc1cccc2ccccc12.CNC(=O)Oc1cccc2ccccc12. The van der Waals surface area contributed by atoms with Gasteiger partial charge in [-0.25, -0.2) is 9.59 Å². The van der Waals surface area contributed by atoms with Crippen molar-refractivity contribution in [2.24, 2.45) is 0 Å². The van der Waals surface area contributed by atoms with Crippen molar-refractivity contribution >= 4 is 33.7 Å². The Bertz CT molecular complexity index is 1070. The Hall–Kier alpha value is -4.06. The zero-order valence-electron chi connectivity index (χ0n) is 16.7. The van der Waals surface area contributed by atoms with E-state index >= 15 is 0 Å². The summed E-state index contributed by atoms with van der Waals surface area (Å²) < 4.78 is 10.3. The maximum atomic E-state index is 11.1. The van der Waals surface area contributed by atoms with E-state index in [4.69, 9.17) is 9.47 Å². The van der Waals surface area contributed by atoms with Crippen molar-refractivity contribution in [1.29, 1.82) is 0 Å². The Labute approximate surface area is 174 Å². The van der Waals surface area contributed by atoms with Crippen LogP contribution in [0.2, 0.25) is 0 Å². The second kappa shape index (κ2) is 9.93. The molecule has 0 aliphatic carbocycles. The molecule has 0 saturated carbocycles. The van der Waals surface area contributed by atoms with Crippen molar-refractivity contribution in [1.82, 2.24) is 10.6 Å². The Balaban J connectivity index is 0.000000171. The third kappa shape index (κ3) is 5.05. The van der Waals surface area contributed by atoms with E-state index in [1.807, 2.05) is 72.8 Å². The molecule has 2 N–H and O–H groups in total. The van der Waals surface area contributed by atoms with E-state index in [1.165, 1.54) is 14.1 Å². The lowest BCUT2D eigenvalue weighted by Crippen LogP contribution is -2.22. The second-order valence-corrected chi connectivity index (χ2v) is 6.23. The van der Waals surface area contributed by atoms with Gasteiger partial charge in [-0.2, -0.15) is 0 Å². The summed E-state index contributed by atoms with van der Waals surface area (Å²) in [4.78, 5) is 22.2. The van der Waals surface area contributed by atoms with Gasteiger partial charge in [0.15, 0.2) is 0 Å². The summed E-state index contributed by atoms with van der Waals surface area (Å²) >= 11 is 0. The molecule has 4 aromatic carbocycles. The van der Waals surface area contributed by atoms with Gasteiger partial charge in [-0.3, -0.25) is 0 Å². The number of carbonyl (C=O) groups is 2. The fraction of sp³-hybridized carbons (Fsp3) is 0.0833. The third-order valence-corrected chi connectivity index (χ3v) is 4.31. The van der Waals surface area contributed by atoms with Gasteiger partial charge < -0.3 is 20.1 Å². The number of benzene rings is 4. The molecule has 0 saturated heterocycles. The van der Waals surface area contributed by atoms with Gasteiger partial charge in [0.2, 0.25) is 0 Å². The standard InChI is InChI=1S/2C12H11NO2/c2*1-13-12(14)15-11-8-4-6-9-5-2-3-7-10(9)11/h2*2-8H,1H3,(H,13,14). The first-order valence-electron chi connectivity index (χ1n) is 9.37. The number of amides is 2. The lowest BCUT2D eigenvalue weighted by molar-refractivity contribution is 0.202. The fourth-order valence-corrected chi connectivity index (χ4v) is 2.87. The molecule has 2 amide bonds. The molecule has 0 spiro atoms. The van der Waals surface area contributed by atoms with Gasteiger partial charge in [-0.05, 0) is 22.9 Å². The molecule has 0 bridgehead atoms. The Morgan fingerprint density at radius 2 is 0.933 bits per heavy atom. The predicted octanol–water partition coefficient (Wildman–Crippen LogP) is 5.12. The summed E-state index contributed by atoms with van der Waals surface area (Å²) in [6, 6.07) is 26.8. The molecule has 4 aromatic rings. The van der Waals surface area contributed by atoms with Crippen molar-refractivity contribution in [3.63, 3.8) is 0 Å². The highest BCUT2D eigenvalue weighted by molar-refractivity contribution is 5.91. The van der Waals surface area contributed by atoms with Crippen LogP contribution in [0.25, 0.3) is 21.5 Å². The highest BCUT2D eigenvalue weighted by atomic mass is 16.6. The summed E-state index contributed by atoms with van der Waals surface area (Å²) in [7, 11) is 3.07. The van der Waals surface area contributed by atoms with Gasteiger partial charge in [0, 0.05) is 24.9 Å². The summed E-state index contributed by atoms with van der Waals surface area (Å²) in [5.41, 5.74) is 0. The molecule has 152 valence electrons. The first-order valence-corrected chi connectivity index (χ1v) is 9.37. The van der Waals surface area contributed by atoms with Crippen LogP contribution >= 0.6 is 0 Å². The van der Waals surface area contributed by atoms with E-state index in [-0.39, 0.29) is 0 Å². The molecule has 30 heavy (non-hydrogen) atoms. The van der Waals surface area contributed by atoms with Gasteiger partial charge in [0.1, 0.15) is 11.5 Å². The number of fused-ring (bicyclic) bond motifs is 2. The number of rotatable bonds is 2. The van der Waals surface area contributed by atoms with Gasteiger partial charge in [-0.1, -0.05) is 72.8 Å². The number of hydrogen-bond acceptors (Lipinski definition) is 4. The van der Waals surface area contributed by atoms with Crippen LogP contribution in [0, 0.1) is 0 Å². The molecular weight excluding hydrogens is 380 g/mol. The van der Waals surface area contributed by atoms with Gasteiger partial charge in [0.05, 0.1) is 0 Å². The van der Waals surface area contributed by atoms with Crippen LogP contribution in [0.4, 0.5) is 9.59 Å². The van der Waals surface area contributed by atoms with Crippen molar-refractivity contribution in [3.05, 3.63) is 84.9 Å². The lowest BCUT2D eigenvalue weighted by atomic mass is 10.1. The molecule has 0 aromatic heterocycles. The van der Waals surface area contributed by atoms with Crippen LogP contribution in [0.1, 0.15) is 0 Å². The average molecular weight is 402 g/mol. The van der Waals surface area contributed by atoms with Crippen LogP contribution in [0.15, 0.2) is 84.9 Å². The highest BCUT2D eigenvalue weighted by Crippen LogP contribution is 2.26. The highest BCUT2D eigenvalue weighted by Gasteiger charge is 2.05. The van der Waals surface area contributed by atoms with E-state index in [2.05, 4.69) is 10.6 Å². The predicted molar refractivity (Wildman–Crippen MR) is 118 cm³/mol. The molecule has 0 radical (unpaired) electrons. The number of hydrogen-bond donors (Lipinski definition) is 2. The van der Waals surface area contributed by atoms with Crippen LogP contribution in [0.5, 0.6) is 11.5 Å². The first-order chi connectivity index (χ1) is 14.6. The lowest BCUT2D eigenvalue weighted by Gasteiger charge is -2.06. The molecular formula is C24H22N2O4. The summed E-state index contributed by atoms with van der Waals surface area (Å²) in [6.45, 7) is 0. The average Bonchev–Trinajstić information content (AvgIpc) is 2.80. The molecule has 6 nitrogen and oxygen atoms in total. The van der Waals surface area contributed by atoms with E-state index in [0.717, 1.165) is 21.5 Å². The maximum absolute atomic E-state index is 11.1. The Morgan fingerprint density at radius 1 is 0.567 bits per heavy atom. The van der Waals surface area contributed by atoms with Crippen molar-refractivity contribution in [3.8, 4) is 11.5 Å². The molecule has 0 aliphatic heterocycles. The van der Waals surface area contributed by atoms with E-state index in [1.54, 1.807) is 12.1 Å². The summed E-state index contributed by atoms with van der Waals surface area (Å²) in [5.74, 6) is 1.15. The van der Waals surface area contributed by atoms with Gasteiger partial charge in [-0.15, -0.1) is 0 Å². The summed E-state index contributed by atoms with van der Waals surface area (Å²) in [5, 5.41) is 8.81. The Kier molecular flexibility index (Phi) is 6.84. The monoisotopic (exact) mass is 402 g/mol. The molecule has 0 aliphatic rings. The third-order valence-electron chi connectivity index (χ3n) is 4.31. The second-order valence-electron chi connectivity index (χ2n) is 6.23. The van der Waals surface area contributed by atoms with Crippen LogP contribution in [0.3, 0.4) is 0 Å². The Morgan fingerprint density at radius 3 is 1.33 bits per heavy atom. The van der Waals surface area contributed by atoms with Crippen molar-refractivity contribution in [2.75, 3.05) is 14.1 Å².